The Labute approximate surface area is 131 Å². The maximum atomic E-state index is 12.1. The smallest absolute Gasteiger partial charge is 0.190 e. The molecule has 0 spiro atoms. The fourth-order valence-electron chi connectivity index (χ4n) is 1.70. The van der Waals surface area contributed by atoms with Crippen molar-refractivity contribution in [2.45, 2.75) is 36.3 Å². The fraction of sp³-hybridized carbons (Fsp3) is 0.571. The minimum atomic E-state index is -1.51. The van der Waals surface area contributed by atoms with Crippen molar-refractivity contribution < 1.29 is 17.9 Å². The molecule has 1 aromatic rings. The molecule has 0 amide bonds. The summed E-state index contributed by atoms with van der Waals surface area (Å²) in [7, 11) is 3.26. The van der Waals surface area contributed by atoms with Crippen molar-refractivity contribution in [2.24, 2.45) is 5.92 Å². The van der Waals surface area contributed by atoms with Gasteiger partial charge in [-0.15, -0.1) is 0 Å². The first-order chi connectivity index (χ1) is 9.47. The molecule has 20 heavy (non-hydrogen) atoms. The highest BCUT2D eigenvalue weighted by atomic mass is 79.9. The minimum absolute atomic E-state index is 0.0623. The van der Waals surface area contributed by atoms with E-state index in [4.69, 9.17) is 13.7 Å². The second kappa shape index (κ2) is 8.77. The average molecular weight is 365 g/mol. The van der Waals surface area contributed by atoms with Crippen LogP contribution in [0.5, 0.6) is 5.75 Å². The lowest BCUT2D eigenvalue weighted by molar-refractivity contribution is 0.0442. The van der Waals surface area contributed by atoms with Crippen molar-refractivity contribution in [1.29, 1.82) is 0 Å². The molecule has 0 aliphatic carbocycles. The van der Waals surface area contributed by atoms with Gasteiger partial charge in [0.15, 0.2) is 11.1 Å². The number of hydrogen-bond donors (Lipinski definition) is 0. The summed E-state index contributed by atoms with van der Waals surface area (Å²) in [6, 6.07) is 6.97. The Bertz CT molecular complexity index is 422. The van der Waals surface area contributed by atoms with Gasteiger partial charge in [0.25, 0.3) is 0 Å². The van der Waals surface area contributed by atoms with Gasteiger partial charge in [-0.05, 0) is 30.2 Å². The second-order valence-corrected chi connectivity index (χ2v) is 6.82. The molecule has 114 valence electrons. The number of rotatable bonds is 8. The molecular formula is C14H21BrO4S. The standard InChI is InChI=1S/C14H21BrO4S/c1-10(2)13(18-4)9-14(15)19-20(16)12-7-5-11(17-3)6-8-12/h5-8,10,13-14H,9H2,1-4H3/t13-,14-,20?/m0/s1. The van der Waals surface area contributed by atoms with E-state index in [-0.39, 0.29) is 11.1 Å². The summed E-state index contributed by atoms with van der Waals surface area (Å²) < 4.78 is 28.0. The number of benzene rings is 1. The van der Waals surface area contributed by atoms with Crippen LogP contribution >= 0.6 is 15.9 Å². The largest absolute Gasteiger partial charge is 0.497 e. The third kappa shape index (κ3) is 5.52. The molecule has 6 heteroatoms. The van der Waals surface area contributed by atoms with Gasteiger partial charge in [-0.25, -0.2) is 4.21 Å². The maximum absolute atomic E-state index is 12.1. The van der Waals surface area contributed by atoms with E-state index in [9.17, 15) is 4.21 Å². The van der Waals surface area contributed by atoms with Crippen LogP contribution in [0.25, 0.3) is 0 Å². The third-order valence-corrected chi connectivity index (χ3v) is 4.78. The SMILES string of the molecule is COc1ccc(S(=O)O[C@H](Br)C[C@H](OC)C(C)C)cc1. The quantitative estimate of drug-likeness (QED) is 0.662. The predicted octanol–water partition coefficient (Wildman–Crippen LogP) is 3.52. The van der Waals surface area contributed by atoms with Gasteiger partial charge in [0.1, 0.15) is 10.8 Å². The average Bonchev–Trinajstić information content (AvgIpc) is 2.44. The Hall–Kier alpha value is -0.430. The molecule has 0 fully saturated rings. The molecule has 0 aliphatic heterocycles. The van der Waals surface area contributed by atoms with E-state index in [1.165, 1.54) is 0 Å². The van der Waals surface area contributed by atoms with Crippen molar-refractivity contribution in [3.05, 3.63) is 24.3 Å². The lowest BCUT2D eigenvalue weighted by Crippen LogP contribution is -2.23. The Morgan fingerprint density at radius 1 is 1.20 bits per heavy atom. The molecule has 4 nitrogen and oxygen atoms in total. The predicted molar refractivity (Wildman–Crippen MR) is 83.5 cm³/mol. The van der Waals surface area contributed by atoms with E-state index in [2.05, 4.69) is 29.8 Å². The van der Waals surface area contributed by atoms with Crippen molar-refractivity contribution >= 4 is 27.0 Å². The van der Waals surface area contributed by atoms with E-state index in [0.29, 0.717) is 17.2 Å². The molecule has 0 aromatic heterocycles. The number of alkyl halides is 1. The van der Waals surface area contributed by atoms with Gasteiger partial charge in [-0.3, -0.25) is 4.18 Å². The number of hydrogen-bond acceptors (Lipinski definition) is 4. The van der Waals surface area contributed by atoms with E-state index in [1.54, 1.807) is 38.5 Å². The first-order valence-corrected chi connectivity index (χ1v) is 8.36. The van der Waals surface area contributed by atoms with E-state index < -0.39 is 11.1 Å². The number of ether oxygens (including phenoxy) is 2. The van der Waals surface area contributed by atoms with Crippen LogP contribution in [0.4, 0.5) is 0 Å². The Kier molecular flexibility index (Phi) is 7.72. The zero-order valence-electron chi connectivity index (χ0n) is 12.2. The second-order valence-electron chi connectivity index (χ2n) is 4.67. The van der Waals surface area contributed by atoms with Crippen LogP contribution in [-0.4, -0.2) is 29.5 Å². The van der Waals surface area contributed by atoms with Crippen LogP contribution in [0.2, 0.25) is 0 Å². The van der Waals surface area contributed by atoms with Crippen LogP contribution in [0.15, 0.2) is 29.2 Å². The van der Waals surface area contributed by atoms with Crippen LogP contribution in [0, 0.1) is 5.92 Å². The lowest BCUT2D eigenvalue weighted by Gasteiger charge is -2.21. The van der Waals surface area contributed by atoms with Gasteiger partial charge in [0.05, 0.1) is 18.1 Å². The molecule has 0 heterocycles. The summed E-state index contributed by atoms with van der Waals surface area (Å²) in [6.07, 6.45) is 0.697. The zero-order chi connectivity index (χ0) is 15.1. The molecule has 1 rings (SSSR count). The summed E-state index contributed by atoms with van der Waals surface area (Å²) >= 11 is 1.88. The molecule has 0 bridgehead atoms. The molecular weight excluding hydrogens is 344 g/mol. The molecule has 1 unspecified atom stereocenters. The van der Waals surface area contributed by atoms with E-state index in [1.807, 2.05) is 0 Å². The summed E-state index contributed by atoms with van der Waals surface area (Å²) in [4.78, 5) is 0.605. The summed E-state index contributed by atoms with van der Waals surface area (Å²) in [5.41, 5.74) is 0. The Morgan fingerprint density at radius 2 is 1.80 bits per heavy atom. The highest BCUT2D eigenvalue weighted by Crippen LogP contribution is 2.22. The first-order valence-electron chi connectivity index (χ1n) is 6.37. The van der Waals surface area contributed by atoms with Gasteiger partial charge in [-0.2, -0.15) is 0 Å². The summed E-state index contributed by atoms with van der Waals surface area (Å²) in [5.74, 6) is 1.10. The van der Waals surface area contributed by atoms with Crippen molar-refractivity contribution in [2.75, 3.05) is 14.2 Å². The molecule has 0 saturated carbocycles. The Balaban J connectivity index is 2.56. The van der Waals surface area contributed by atoms with Crippen molar-refractivity contribution in [3.63, 3.8) is 0 Å². The van der Waals surface area contributed by atoms with Crippen LogP contribution in [0.1, 0.15) is 20.3 Å². The van der Waals surface area contributed by atoms with Gasteiger partial charge in [-0.1, -0.05) is 29.8 Å². The normalized spacial score (nSPS) is 15.9. The maximum Gasteiger partial charge on any atom is 0.190 e. The summed E-state index contributed by atoms with van der Waals surface area (Å²) in [6.45, 7) is 4.16. The van der Waals surface area contributed by atoms with Gasteiger partial charge >= 0.3 is 0 Å². The molecule has 0 N–H and O–H groups in total. The lowest BCUT2D eigenvalue weighted by atomic mass is 10.1. The van der Waals surface area contributed by atoms with Crippen molar-refractivity contribution in [1.82, 2.24) is 0 Å². The number of methoxy groups -OCH3 is 2. The highest BCUT2D eigenvalue weighted by molar-refractivity contribution is 9.09. The van der Waals surface area contributed by atoms with Gasteiger partial charge in [0.2, 0.25) is 0 Å². The third-order valence-electron chi connectivity index (χ3n) is 2.91. The first kappa shape index (κ1) is 17.6. The fourth-order valence-corrected chi connectivity index (χ4v) is 3.22. The number of halogens is 1. The van der Waals surface area contributed by atoms with Crippen LogP contribution < -0.4 is 4.74 Å². The topological polar surface area (TPSA) is 44.8 Å². The molecule has 3 atom stereocenters. The van der Waals surface area contributed by atoms with Crippen molar-refractivity contribution in [3.8, 4) is 5.75 Å². The molecule has 0 radical (unpaired) electrons. The van der Waals surface area contributed by atoms with Gasteiger partial charge in [0, 0.05) is 13.5 Å². The minimum Gasteiger partial charge on any atom is -0.497 e. The van der Waals surface area contributed by atoms with Crippen LogP contribution in [-0.2, 0) is 20.0 Å². The van der Waals surface area contributed by atoms with E-state index >= 15 is 0 Å². The highest BCUT2D eigenvalue weighted by Gasteiger charge is 2.20. The van der Waals surface area contributed by atoms with Gasteiger partial charge < -0.3 is 9.47 Å². The summed E-state index contributed by atoms with van der Waals surface area (Å²) in [5, 5.41) is -0.321. The Morgan fingerprint density at radius 3 is 2.25 bits per heavy atom. The zero-order valence-corrected chi connectivity index (χ0v) is 14.6. The van der Waals surface area contributed by atoms with Crippen LogP contribution in [0.3, 0.4) is 0 Å². The monoisotopic (exact) mass is 364 g/mol. The molecule has 0 saturated heterocycles. The van der Waals surface area contributed by atoms with E-state index in [0.717, 1.165) is 5.75 Å². The molecule has 1 aromatic carbocycles. The molecule has 0 aliphatic rings.